The zero-order chi connectivity index (χ0) is 18.9. The van der Waals surface area contributed by atoms with E-state index in [-0.39, 0.29) is 24.1 Å². The van der Waals surface area contributed by atoms with Crippen molar-refractivity contribution in [2.75, 3.05) is 13.1 Å². The number of oxazole rings is 1. The molecule has 0 aliphatic carbocycles. The molecule has 2 amide bonds. The summed E-state index contributed by atoms with van der Waals surface area (Å²) in [7, 11) is 0. The number of benzene rings is 1. The van der Waals surface area contributed by atoms with Crippen LogP contribution in [0, 0.1) is 0 Å². The van der Waals surface area contributed by atoms with Gasteiger partial charge in [0.1, 0.15) is 6.26 Å². The summed E-state index contributed by atoms with van der Waals surface area (Å²) in [6.07, 6.45) is 3.95. The molecule has 2 aromatic rings. The van der Waals surface area contributed by atoms with Crippen LogP contribution < -0.4 is 5.32 Å². The molecular weight excluding hydrogens is 330 g/mol. The molecule has 0 saturated heterocycles. The number of rotatable bonds is 9. The number of nitrogens with one attached hydrogen (secondary N) is 1. The quantitative estimate of drug-likeness (QED) is 0.746. The lowest BCUT2D eigenvalue weighted by Crippen LogP contribution is -2.31. The summed E-state index contributed by atoms with van der Waals surface area (Å²) < 4.78 is 5.40. The molecule has 0 fully saturated rings. The number of hydrogen-bond donors (Lipinski definition) is 1. The van der Waals surface area contributed by atoms with E-state index < -0.39 is 0 Å². The lowest BCUT2D eigenvalue weighted by atomic mass is 10.1. The van der Waals surface area contributed by atoms with Crippen LogP contribution in [0.15, 0.2) is 34.9 Å². The Hall–Kier alpha value is -2.63. The molecule has 0 saturated carbocycles. The number of hydrogen-bond acceptors (Lipinski definition) is 4. The van der Waals surface area contributed by atoms with Crippen molar-refractivity contribution in [1.82, 2.24) is 15.2 Å². The largest absolute Gasteiger partial charge is 0.446 e. The van der Waals surface area contributed by atoms with Crippen LogP contribution in [0.1, 0.15) is 65.9 Å². The first-order valence-electron chi connectivity index (χ1n) is 9.19. The van der Waals surface area contributed by atoms with Gasteiger partial charge in [-0.3, -0.25) is 9.59 Å². The molecule has 6 nitrogen and oxygen atoms in total. The smallest absolute Gasteiger partial charge is 0.273 e. The van der Waals surface area contributed by atoms with E-state index in [1.165, 1.54) is 11.8 Å². The first kappa shape index (κ1) is 19.7. The van der Waals surface area contributed by atoms with E-state index in [4.69, 9.17) is 4.42 Å². The van der Waals surface area contributed by atoms with Gasteiger partial charge < -0.3 is 14.6 Å². The Morgan fingerprint density at radius 3 is 2.46 bits per heavy atom. The summed E-state index contributed by atoms with van der Waals surface area (Å²) in [5.41, 5.74) is 2.08. The van der Waals surface area contributed by atoms with Crippen LogP contribution in [0.3, 0.4) is 0 Å². The van der Waals surface area contributed by atoms with Crippen LogP contribution >= 0.6 is 0 Å². The Labute approximate surface area is 154 Å². The number of nitrogens with zero attached hydrogens (tertiary/aromatic N) is 2. The van der Waals surface area contributed by atoms with Gasteiger partial charge >= 0.3 is 0 Å². The van der Waals surface area contributed by atoms with Crippen molar-refractivity contribution in [3.05, 3.63) is 53.2 Å². The molecule has 2 rings (SSSR count). The van der Waals surface area contributed by atoms with E-state index in [1.807, 2.05) is 38.1 Å². The molecule has 1 aromatic heterocycles. The van der Waals surface area contributed by atoms with Crippen molar-refractivity contribution in [3.8, 4) is 0 Å². The fourth-order valence-electron chi connectivity index (χ4n) is 2.57. The molecule has 0 atom stereocenters. The van der Waals surface area contributed by atoms with E-state index >= 15 is 0 Å². The number of carbonyl (C=O) groups is 2. The van der Waals surface area contributed by atoms with Gasteiger partial charge in [0, 0.05) is 18.7 Å². The number of amides is 2. The van der Waals surface area contributed by atoms with E-state index in [9.17, 15) is 9.59 Å². The minimum Gasteiger partial charge on any atom is -0.446 e. The van der Waals surface area contributed by atoms with E-state index in [1.54, 1.807) is 4.90 Å². The maximum atomic E-state index is 12.8. The monoisotopic (exact) mass is 357 g/mol. The fraction of sp³-hybridized carbons (Fsp3) is 0.450. The van der Waals surface area contributed by atoms with Crippen LogP contribution in [0.5, 0.6) is 0 Å². The van der Waals surface area contributed by atoms with Gasteiger partial charge in [-0.15, -0.1) is 0 Å². The van der Waals surface area contributed by atoms with Gasteiger partial charge in [-0.1, -0.05) is 32.9 Å². The Morgan fingerprint density at radius 2 is 1.85 bits per heavy atom. The second-order valence-corrected chi connectivity index (χ2v) is 6.16. The molecule has 0 unspecified atom stereocenters. The molecule has 140 valence electrons. The molecule has 1 aromatic carbocycles. The first-order chi connectivity index (χ1) is 12.6. The predicted octanol–water partition coefficient (Wildman–Crippen LogP) is 3.43. The SMILES string of the molecule is CCCNC(=O)c1coc(CN(CCC)C(=O)c2ccc(CC)cc2)n1. The Balaban J connectivity index is 2.08. The van der Waals surface area contributed by atoms with Crippen molar-refractivity contribution in [3.63, 3.8) is 0 Å². The number of carbonyl (C=O) groups excluding carboxylic acids is 2. The number of aryl methyl sites for hydroxylation is 1. The van der Waals surface area contributed by atoms with Gasteiger partial charge in [-0.2, -0.15) is 0 Å². The van der Waals surface area contributed by atoms with Crippen molar-refractivity contribution < 1.29 is 14.0 Å². The lowest BCUT2D eigenvalue weighted by molar-refractivity contribution is 0.0728. The highest BCUT2D eigenvalue weighted by atomic mass is 16.3. The number of aromatic nitrogens is 1. The third-order valence-electron chi connectivity index (χ3n) is 4.04. The maximum absolute atomic E-state index is 12.8. The predicted molar refractivity (Wildman–Crippen MR) is 100.0 cm³/mol. The van der Waals surface area contributed by atoms with Gasteiger partial charge in [-0.25, -0.2) is 4.98 Å². The average Bonchev–Trinajstić information content (AvgIpc) is 3.14. The van der Waals surface area contributed by atoms with Crippen LogP contribution in [-0.2, 0) is 13.0 Å². The molecule has 26 heavy (non-hydrogen) atoms. The highest BCUT2D eigenvalue weighted by molar-refractivity contribution is 5.94. The Bertz CT molecular complexity index is 722. The van der Waals surface area contributed by atoms with Crippen LogP contribution in [0.4, 0.5) is 0 Å². The molecule has 6 heteroatoms. The normalized spacial score (nSPS) is 10.6. The van der Waals surface area contributed by atoms with Gasteiger partial charge in [0.15, 0.2) is 5.69 Å². The second kappa shape index (κ2) is 9.75. The third-order valence-corrected chi connectivity index (χ3v) is 4.04. The van der Waals surface area contributed by atoms with Gasteiger partial charge in [0.25, 0.3) is 11.8 Å². The summed E-state index contributed by atoms with van der Waals surface area (Å²) in [6.45, 7) is 7.50. The maximum Gasteiger partial charge on any atom is 0.273 e. The van der Waals surface area contributed by atoms with Gasteiger partial charge in [0.2, 0.25) is 5.89 Å². The van der Waals surface area contributed by atoms with E-state index in [0.717, 1.165) is 19.3 Å². The lowest BCUT2D eigenvalue weighted by Gasteiger charge is -2.20. The molecule has 0 radical (unpaired) electrons. The van der Waals surface area contributed by atoms with Crippen molar-refractivity contribution >= 4 is 11.8 Å². The highest BCUT2D eigenvalue weighted by Crippen LogP contribution is 2.13. The molecule has 0 spiro atoms. The molecule has 1 N–H and O–H groups in total. The highest BCUT2D eigenvalue weighted by Gasteiger charge is 2.19. The van der Waals surface area contributed by atoms with Crippen molar-refractivity contribution in [1.29, 1.82) is 0 Å². The molecule has 1 heterocycles. The molecule has 0 aliphatic rings. The Morgan fingerprint density at radius 1 is 1.12 bits per heavy atom. The standard InChI is InChI=1S/C20H27N3O3/c1-4-11-21-19(24)17-14-26-18(22-17)13-23(12-5-2)20(25)16-9-7-15(6-3)8-10-16/h7-10,14H,4-6,11-13H2,1-3H3,(H,21,24). The molecular formula is C20H27N3O3. The average molecular weight is 357 g/mol. The van der Waals surface area contributed by atoms with Gasteiger partial charge in [-0.05, 0) is 37.0 Å². The summed E-state index contributed by atoms with van der Waals surface area (Å²) in [5.74, 6) is 0.0358. The topological polar surface area (TPSA) is 75.4 Å². The van der Waals surface area contributed by atoms with E-state index in [0.29, 0.717) is 24.5 Å². The van der Waals surface area contributed by atoms with E-state index in [2.05, 4.69) is 17.2 Å². The summed E-state index contributed by atoms with van der Waals surface area (Å²) in [4.78, 5) is 30.6. The Kier molecular flexibility index (Phi) is 7.38. The molecule has 0 bridgehead atoms. The minimum atomic E-state index is -0.259. The zero-order valence-electron chi connectivity index (χ0n) is 15.7. The van der Waals surface area contributed by atoms with Crippen molar-refractivity contribution in [2.45, 2.75) is 46.6 Å². The van der Waals surface area contributed by atoms with Crippen LogP contribution in [-0.4, -0.2) is 34.8 Å². The fourth-order valence-corrected chi connectivity index (χ4v) is 2.57. The van der Waals surface area contributed by atoms with Crippen LogP contribution in [0.2, 0.25) is 0 Å². The van der Waals surface area contributed by atoms with Gasteiger partial charge in [0.05, 0.1) is 6.54 Å². The van der Waals surface area contributed by atoms with Crippen molar-refractivity contribution in [2.24, 2.45) is 0 Å². The summed E-state index contributed by atoms with van der Waals surface area (Å²) in [5, 5.41) is 2.76. The zero-order valence-corrected chi connectivity index (χ0v) is 15.7. The first-order valence-corrected chi connectivity index (χ1v) is 9.19. The third kappa shape index (κ3) is 5.18. The molecule has 0 aliphatic heterocycles. The van der Waals surface area contributed by atoms with Crippen LogP contribution in [0.25, 0.3) is 0 Å². The minimum absolute atomic E-state index is 0.0651. The summed E-state index contributed by atoms with van der Waals surface area (Å²) in [6, 6.07) is 7.64. The second-order valence-electron chi connectivity index (χ2n) is 6.16. The summed E-state index contributed by atoms with van der Waals surface area (Å²) >= 11 is 0.